The molecule has 0 amide bonds. The number of fused-ring (bicyclic) bond motifs is 1. The van der Waals surface area contributed by atoms with E-state index in [9.17, 15) is 5.11 Å². The molecule has 0 saturated heterocycles. The van der Waals surface area contributed by atoms with E-state index in [1.807, 2.05) is 30.3 Å². The summed E-state index contributed by atoms with van der Waals surface area (Å²) in [7, 11) is 0. The van der Waals surface area contributed by atoms with Crippen LogP contribution in [0, 0.1) is 0 Å². The van der Waals surface area contributed by atoms with Gasteiger partial charge in [-0.2, -0.15) is 5.10 Å². The number of benzene rings is 2. The highest BCUT2D eigenvalue weighted by molar-refractivity contribution is 5.98. The fraction of sp³-hybridized carbons (Fsp3) is 0. The minimum absolute atomic E-state index is 0.237. The minimum atomic E-state index is 0.237. The van der Waals surface area contributed by atoms with Crippen molar-refractivity contribution in [1.29, 1.82) is 0 Å². The fourth-order valence-corrected chi connectivity index (χ4v) is 2.62. The smallest absolute Gasteiger partial charge is 0.153 e. The van der Waals surface area contributed by atoms with Gasteiger partial charge in [-0.25, -0.2) is 0 Å². The number of aromatic hydroxyl groups is 1. The highest BCUT2D eigenvalue weighted by Crippen LogP contribution is 2.37. The number of aromatic amines is 1. The molecular weight excluding hydrogens is 278 g/mol. The molecule has 22 heavy (non-hydrogen) atoms. The summed E-state index contributed by atoms with van der Waals surface area (Å²) < 4.78 is 5.21. The Kier molecular flexibility index (Phi) is 2.66. The predicted molar refractivity (Wildman–Crippen MR) is 85.3 cm³/mol. The summed E-state index contributed by atoms with van der Waals surface area (Å²) in [6.07, 6.45) is 3.33. The molecule has 0 aliphatic rings. The van der Waals surface area contributed by atoms with Crippen LogP contribution in [0.2, 0.25) is 0 Å². The van der Waals surface area contributed by atoms with E-state index < -0.39 is 0 Å². The van der Waals surface area contributed by atoms with Crippen LogP contribution >= 0.6 is 0 Å². The van der Waals surface area contributed by atoms with E-state index in [0.717, 1.165) is 33.2 Å². The zero-order valence-electron chi connectivity index (χ0n) is 11.6. The number of rotatable bonds is 2. The van der Waals surface area contributed by atoms with E-state index >= 15 is 0 Å². The SMILES string of the molecule is Nc1n[nH]c2cc(-c3ccc(O)cc3)c(-c3ccoc3)cc12. The molecule has 0 radical (unpaired) electrons. The molecule has 5 nitrogen and oxygen atoms in total. The number of phenolic OH excluding ortho intramolecular Hbond substituents is 1. The van der Waals surface area contributed by atoms with Crippen LogP contribution in [0.15, 0.2) is 59.4 Å². The van der Waals surface area contributed by atoms with Crippen molar-refractivity contribution in [3.8, 4) is 28.0 Å². The molecule has 4 rings (SSSR count). The molecule has 2 heterocycles. The van der Waals surface area contributed by atoms with E-state index in [0.29, 0.717) is 5.82 Å². The van der Waals surface area contributed by atoms with Crippen molar-refractivity contribution < 1.29 is 9.52 Å². The maximum Gasteiger partial charge on any atom is 0.153 e. The molecule has 5 heteroatoms. The van der Waals surface area contributed by atoms with Gasteiger partial charge in [0.1, 0.15) is 5.75 Å². The summed E-state index contributed by atoms with van der Waals surface area (Å²) >= 11 is 0. The van der Waals surface area contributed by atoms with Gasteiger partial charge >= 0.3 is 0 Å². The van der Waals surface area contributed by atoms with Gasteiger partial charge in [0.15, 0.2) is 5.82 Å². The standard InChI is InChI=1S/C17H13N3O2/c18-17-15-7-13(11-5-6-22-9-11)14(8-16(15)19-20-17)10-1-3-12(21)4-2-10/h1-9,21H,(H3,18,19,20). The van der Waals surface area contributed by atoms with Gasteiger partial charge in [0.2, 0.25) is 0 Å². The highest BCUT2D eigenvalue weighted by atomic mass is 16.3. The van der Waals surface area contributed by atoms with Crippen LogP contribution in [0.4, 0.5) is 5.82 Å². The Bertz CT molecular complexity index is 938. The number of nitrogens with one attached hydrogen (secondary N) is 1. The topological polar surface area (TPSA) is 88.1 Å². The summed E-state index contributed by atoms with van der Waals surface area (Å²) in [5.74, 6) is 0.706. The van der Waals surface area contributed by atoms with E-state index in [2.05, 4.69) is 10.2 Å². The van der Waals surface area contributed by atoms with Crippen molar-refractivity contribution in [2.45, 2.75) is 0 Å². The lowest BCUT2D eigenvalue weighted by atomic mass is 9.94. The van der Waals surface area contributed by atoms with Gasteiger partial charge in [-0.3, -0.25) is 5.10 Å². The average molecular weight is 291 g/mol. The summed E-state index contributed by atoms with van der Waals surface area (Å²) in [5.41, 5.74) is 10.7. The number of hydrogen-bond acceptors (Lipinski definition) is 4. The lowest BCUT2D eigenvalue weighted by molar-refractivity contribution is 0.475. The number of nitrogens with zero attached hydrogens (tertiary/aromatic N) is 1. The minimum Gasteiger partial charge on any atom is -0.508 e. The van der Waals surface area contributed by atoms with Gasteiger partial charge in [-0.05, 0) is 47.0 Å². The summed E-state index contributed by atoms with van der Waals surface area (Å²) in [6, 6.07) is 13.0. The summed E-state index contributed by atoms with van der Waals surface area (Å²) in [6.45, 7) is 0. The Morgan fingerprint density at radius 3 is 2.50 bits per heavy atom. The largest absolute Gasteiger partial charge is 0.508 e. The van der Waals surface area contributed by atoms with Crippen molar-refractivity contribution in [1.82, 2.24) is 10.2 Å². The van der Waals surface area contributed by atoms with E-state index in [4.69, 9.17) is 10.2 Å². The Balaban J connectivity index is 2.02. The number of hydrogen-bond donors (Lipinski definition) is 3. The molecule has 108 valence electrons. The van der Waals surface area contributed by atoms with Crippen molar-refractivity contribution in [2.24, 2.45) is 0 Å². The molecule has 0 spiro atoms. The van der Waals surface area contributed by atoms with Crippen LogP contribution in [0.25, 0.3) is 33.2 Å². The molecule has 0 saturated carbocycles. The van der Waals surface area contributed by atoms with Gasteiger partial charge in [0, 0.05) is 10.9 Å². The highest BCUT2D eigenvalue weighted by Gasteiger charge is 2.13. The molecule has 0 fully saturated rings. The molecule has 0 aliphatic carbocycles. The third-order valence-electron chi connectivity index (χ3n) is 3.74. The molecule has 0 unspecified atom stereocenters. The van der Waals surface area contributed by atoms with Gasteiger partial charge in [-0.1, -0.05) is 12.1 Å². The second kappa shape index (κ2) is 4.66. The second-order valence-electron chi connectivity index (χ2n) is 5.11. The third-order valence-corrected chi connectivity index (χ3v) is 3.74. The van der Waals surface area contributed by atoms with Crippen LogP contribution in [-0.2, 0) is 0 Å². The number of phenols is 1. The van der Waals surface area contributed by atoms with E-state index in [1.54, 1.807) is 24.7 Å². The molecule has 4 aromatic rings. The van der Waals surface area contributed by atoms with Gasteiger partial charge in [0.25, 0.3) is 0 Å². The first-order valence-electron chi connectivity index (χ1n) is 6.82. The van der Waals surface area contributed by atoms with Crippen molar-refractivity contribution in [3.63, 3.8) is 0 Å². The lowest BCUT2D eigenvalue weighted by Crippen LogP contribution is -1.87. The lowest BCUT2D eigenvalue weighted by Gasteiger charge is -2.09. The van der Waals surface area contributed by atoms with Gasteiger partial charge < -0.3 is 15.3 Å². The van der Waals surface area contributed by atoms with E-state index in [-0.39, 0.29) is 5.75 Å². The Hall–Kier alpha value is -3.21. The van der Waals surface area contributed by atoms with Crippen LogP contribution in [0.5, 0.6) is 5.75 Å². The molecule has 2 aromatic heterocycles. The Labute approximate surface area is 126 Å². The predicted octanol–water partition coefficient (Wildman–Crippen LogP) is 3.78. The van der Waals surface area contributed by atoms with Gasteiger partial charge in [-0.15, -0.1) is 0 Å². The molecule has 0 aliphatic heterocycles. The number of furan rings is 1. The second-order valence-corrected chi connectivity index (χ2v) is 5.11. The van der Waals surface area contributed by atoms with Crippen LogP contribution in [-0.4, -0.2) is 15.3 Å². The number of nitrogens with two attached hydrogens (primary N) is 1. The molecule has 0 bridgehead atoms. The average Bonchev–Trinajstić information content (AvgIpc) is 3.17. The monoisotopic (exact) mass is 291 g/mol. The molecule has 0 atom stereocenters. The van der Waals surface area contributed by atoms with Crippen LogP contribution in [0.3, 0.4) is 0 Å². The number of nitrogen functional groups attached to an aromatic ring is 1. The number of anilines is 1. The van der Waals surface area contributed by atoms with Crippen molar-refractivity contribution in [3.05, 3.63) is 55.0 Å². The maximum absolute atomic E-state index is 9.48. The number of H-pyrrole nitrogens is 1. The van der Waals surface area contributed by atoms with Crippen LogP contribution < -0.4 is 5.73 Å². The first-order valence-corrected chi connectivity index (χ1v) is 6.82. The van der Waals surface area contributed by atoms with Crippen LogP contribution in [0.1, 0.15) is 0 Å². The zero-order chi connectivity index (χ0) is 15.1. The maximum atomic E-state index is 9.48. The third kappa shape index (κ3) is 1.91. The molecule has 2 aromatic carbocycles. The number of aromatic nitrogens is 2. The first kappa shape index (κ1) is 12.5. The van der Waals surface area contributed by atoms with Crippen molar-refractivity contribution >= 4 is 16.7 Å². The summed E-state index contributed by atoms with van der Waals surface area (Å²) in [4.78, 5) is 0. The summed E-state index contributed by atoms with van der Waals surface area (Å²) in [5, 5.41) is 17.3. The Morgan fingerprint density at radius 1 is 1.00 bits per heavy atom. The fourth-order valence-electron chi connectivity index (χ4n) is 2.62. The quantitative estimate of drug-likeness (QED) is 0.524. The van der Waals surface area contributed by atoms with Gasteiger partial charge in [0.05, 0.1) is 18.0 Å². The first-order chi connectivity index (χ1) is 10.7. The normalized spacial score (nSPS) is 11.1. The molecule has 4 N–H and O–H groups in total. The van der Waals surface area contributed by atoms with E-state index in [1.165, 1.54) is 0 Å². The Morgan fingerprint density at radius 2 is 1.77 bits per heavy atom. The molecular formula is C17H13N3O2. The van der Waals surface area contributed by atoms with Crippen molar-refractivity contribution in [2.75, 3.05) is 5.73 Å². The zero-order valence-corrected chi connectivity index (χ0v) is 11.6.